The second-order valence-electron chi connectivity index (χ2n) is 5.37. The topological polar surface area (TPSA) is 72.5 Å². The van der Waals surface area contributed by atoms with Crippen molar-refractivity contribution in [1.29, 1.82) is 0 Å². The molecule has 1 N–H and O–H groups in total. The summed E-state index contributed by atoms with van der Waals surface area (Å²) in [5.74, 6) is -0.510. The molecule has 0 spiro atoms. The number of ether oxygens (including phenoxy) is 1. The normalized spacial score (nSPS) is 10.2. The molecule has 0 aliphatic rings. The highest BCUT2D eigenvalue weighted by molar-refractivity contribution is 7.99. The van der Waals surface area contributed by atoms with Gasteiger partial charge >= 0.3 is 5.97 Å². The third-order valence-corrected chi connectivity index (χ3v) is 4.83. The number of halogens is 1. The van der Waals surface area contributed by atoms with Crippen LogP contribution in [0.1, 0.15) is 23.7 Å². The minimum absolute atomic E-state index is 0.0939. The first-order chi connectivity index (χ1) is 12.5. The lowest BCUT2D eigenvalue weighted by Gasteiger charge is -2.08. The largest absolute Gasteiger partial charge is 0.456 e. The highest BCUT2D eigenvalue weighted by Gasteiger charge is 2.09. The first kappa shape index (κ1) is 20.0. The molecule has 5 nitrogen and oxygen atoms in total. The van der Waals surface area contributed by atoms with E-state index in [0.29, 0.717) is 22.0 Å². The smallest absolute Gasteiger partial charge is 0.307 e. The van der Waals surface area contributed by atoms with Gasteiger partial charge in [0.2, 0.25) is 0 Å². The summed E-state index contributed by atoms with van der Waals surface area (Å²) in [6, 6.07) is 13.9. The minimum Gasteiger partial charge on any atom is -0.456 e. The number of benzene rings is 2. The summed E-state index contributed by atoms with van der Waals surface area (Å²) in [5, 5.41) is 3.23. The van der Waals surface area contributed by atoms with E-state index in [1.54, 1.807) is 30.3 Å². The summed E-state index contributed by atoms with van der Waals surface area (Å²) in [6.45, 7) is 1.07. The summed E-state index contributed by atoms with van der Waals surface area (Å²) < 4.78 is 4.96. The fourth-order valence-electron chi connectivity index (χ4n) is 2.04. The highest BCUT2D eigenvalue weighted by Crippen LogP contribution is 2.26. The first-order valence-electron chi connectivity index (χ1n) is 7.89. The Bertz CT molecular complexity index is 810. The number of hydrogen-bond acceptors (Lipinski definition) is 5. The predicted molar refractivity (Wildman–Crippen MR) is 103 cm³/mol. The Kier molecular flexibility index (Phi) is 7.69. The molecule has 136 valence electrons. The van der Waals surface area contributed by atoms with E-state index in [2.05, 4.69) is 5.32 Å². The average Bonchev–Trinajstić information content (AvgIpc) is 2.62. The number of ketones is 1. The molecule has 7 heteroatoms. The number of hydrogen-bond donors (Lipinski definition) is 1. The summed E-state index contributed by atoms with van der Waals surface area (Å²) in [4.78, 5) is 35.8. The molecule has 0 radical (unpaired) electrons. The second-order valence-corrected chi connectivity index (χ2v) is 6.92. The van der Waals surface area contributed by atoms with Crippen molar-refractivity contribution in [3.05, 3.63) is 59.1 Å². The number of rotatable bonds is 8. The average molecular weight is 392 g/mol. The first-order valence-corrected chi connectivity index (χ1v) is 9.26. The Morgan fingerprint density at radius 2 is 1.88 bits per heavy atom. The Balaban J connectivity index is 1.71. The van der Waals surface area contributed by atoms with Crippen LogP contribution in [-0.4, -0.2) is 30.0 Å². The number of carbonyl (C=O) groups is 3. The lowest BCUT2D eigenvalue weighted by atomic mass is 10.1. The summed E-state index contributed by atoms with van der Waals surface area (Å²) in [6.07, 6.45) is 0.170. The van der Waals surface area contributed by atoms with Crippen molar-refractivity contribution in [3.8, 4) is 0 Å². The van der Waals surface area contributed by atoms with Crippen molar-refractivity contribution in [1.82, 2.24) is 0 Å². The van der Waals surface area contributed by atoms with E-state index >= 15 is 0 Å². The monoisotopic (exact) mass is 391 g/mol. The van der Waals surface area contributed by atoms with Crippen molar-refractivity contribution in [2.45, 2.75) is 18.2 Å². The molecule has 0 aromatic heterocycles. The fourth-order valence-corrected chi connectivity index (χ4v) is 3.21. The quantitative estimate of drug-likeness (QED) is 0.414. The van der Waals surface area contributed by atoms with Crippen LogP contribution in [0.15, 0.2) is 53.4 Å². The Morgan fingerprint density at radius 1 is 1.12 bits per heavy atom. The molecule has 2 rings (SSSR count). The molecule has 2 aromatic carbocycles. The molecule has 0 saturated heterocycles. The summed E-state index contributed by atoms with van der Waals surface area (Å²) >= 11 is 7.49. The van der Waals surface area contributed by atoms with Gasteiger partial charge in [-0.2, -0.15) is 0 Å². The number of anilines is 1. The second kappa shape index (κ2) is 9.99. The van der Waals surface area contributed by atoms with Gasteiger partial charge in [-0.25, -0.2) is 0 Å². The van der Waals surface area contributed by atoms with Crippen molar-refractivity contribution in [3.63, 3.8) is 0 Å². The number of esters is 1. The van der Waals surface area contributed by atoms with E-state index in [1.807, 2.05) is 18.2 Å². The summed E-state index contributed by atoms with van der Waals surface area (Å²) in [5.41, 5.74) is 0.976. The molecule has 0 saturated carbocycles. The molecule has 0 unspecified atom stereocenters. The molecule has 0 aliphatic carbocycles. The molecule has 26 heavy (non-hydrogen) atoms. The van der Waals surface area contributed by atoms with Crippen LogP contribution in [0.3, 0.4) is 0 Å². The highest BCUT2D eigenvalue weighted by atomic mass is 35.5. The fraction of sp³-hybridized carbons (Fsp3) is 0.211. The van der Waals surface area contributed by atoms with Crippen molar-refractivity contribution < 1.29 is 19.1 Å². The van der Waals surface area contributed by atoms with Gasteiger partial charge in [-0.05, 0) is 31.2 Å². The van der Waals surface area contributed by atoms with E-state index < -0.39 is 11.9 Å². The van der Waals surface area contributed by atoms with Gasteiger partial charge < -0.3 is 10.1 Å². The molecule has 1 amide bonds. The van der Waals surface area contributed by atoms with Crippen molar-refractivity contribution >= 4 is 46.7 Å². The maximum absolute atomic E-state index is 11.8. The van der Waals surface area contributed by atoms with Gasteiger partial charge in [0.1, 0.15) is 0 Å². The zero-order chi connectivity index (χ0) is 18.9. The van der Waals surface area contributed by atoms with Gasteiger partial charge in [-0.1, -0.05) is 35.9 Å². The number of thioether (sulfide) groups is 1. The van der Waals surface area contributed by atoms with Crippen molar-refractivity contribution in [2.75, 3.05) is 17.7 Å². The number of carbonyl (C=O) groups excluding carboxylic acids is 3. The Hall–Kier alpha value is -2.31. The Labute approximate surface area is 161 Å². The molecular formula is C19H18ClNO4S. The Morgan fingerprint density at radius 3 is 2.62 bits per heavy atom. The van der Waals surface area contributed by atoms with Crippen molar-refractivity contribution in [2.24, 2.45) is 0 Å². The van der Waals surface area contributed by atoms with Crippen LogP contribution in [0.5, 0.6) is 0 Å². The van der Waals surface area contributed by atoms with E-state index in [4.69, 9.17) is 16.3 Å². The number of Topliss-reactive ketones (excluding diaryl/α,β-unsaturated/α-hetero) is 1. The SMILES string of the molecule is CC(=O)c1cccc(NC(=O)COC(=O)CCSc2ccccc2Cl)c1. The summed E-state index contributed by atoms with van der Waals surface area (Å²) in [7, 11) is 0. The molecule has 0 fully saturated rings. The lowest BCUT2D eigenvalue weighted by Crippen LogP contribution is -2.21. The van der Waals surface area contributed by atoms with Gasteiger partial charge in [0.25, 0.3) is 5.91 Å². The minimum atomic E-state index is -0.461. The molecule has 0 aliphatic heterocycles. The van der Waals surface area contributed by atoms with Crippen LogP contribution in [0.2, 0.25) is 5.02 Å². The zero-order valence-electron chi connectivity index (χ0n) is 14.2. The van der Waals surface area contributed by atoms with E-state index in [1.165, 1.54) is 18.7 Å². The molecule has 0 bridgehead atoms. The third kappa shape index (κ3) is 6.54. The van der Waals surface area contributed by atoms with E-state index in [9.17, 15) is 14.4 Å². The lowest BCUT2D eigenvalue weighted by molar-refractivity contribution is -0.146. The molecule has 0 heterocycles. The number of amides is 1. The number of nitrogens with one attached hydrogen (secondary N) is 1. The van der Waals surface area contributed by atoms with E-state index in [0.717, 1.165) is 4.90 Å². The van der Waals surface area contributed by atoms with Crippen LogP contribution >= 0.6 is 23.4 Å². The maximum atomic E-state index is 11.8. The van der Waals surface area contributed by atoms with Crippen LogP contribution in [-0.2, 0) is 14.3 Å². The third-order valence-electron chi connectivity index (χ3n) is 3.32. The standard InChI is InChI=1S/C19H18ClNO4S/c1-13(22)14-5-4-6-15(11-14)21-18(23)12-25-19(24)9-10-26-17-8-3-2-7-16(17)20/h2-8,11H,9-10,12H2,1H3,(H,21,23). The van der Waals surface area contributed by atoms with Gasteiger partial charge in [0.05, 0.1) is 11.4 Å². The van der Waals surface area contributed by atoms with Gasteiger partial charge in [0.15, 0.2) is 12.4 Å². The predicted octanol–water partition coefficient (Wildman–Crippen LogP) is 4.21. The van der Waals surface area contributed by atoms with Crippen LogP contribution in [0.4, 0.5) is 5.69 Å². The van der Waals surface area contributed by atoms with E-state index in [-0.39, 0.29) is 18.8 Å². The molecule has 2 aromatic rings. The van der Waals surface area contributed by atoms with Gasteiger partial charge in [-0.15, -0.1) is 11.8 Å². The van der Waals surface area contributed by atoms with Crippen LogP contribution in [0, 0.1) is 0 Å². The maximum Gasteiger partial charge on any atom is 0.307 e. The van der Waals surface area contributed by atoms with Gasteiger partial charge in [-0.3, -0.25) is 14.4 Å². The van der Waals surface area contributed by atoms with Crippen LogP contribution in [0.25, 0.3) is 0 Å². The molecule has 0 atom stereocenters. The molecular weight excluding hydrogens is 374 g/mol. The van der Waals surface area contributed by atoms with Crippen LogP contribution < -0.4 is 5.32 Å². The zero-order valence-corrected chi connectivity index (χ0v) is 15.7. The van der Waals surface area contributed by atoms with Gasteiger partial charge in [0, 0.05) is 21.9 Å².